The Hall–Kier alpha value is -3.49. The van der Waals surface area contributed by atoms with E-state index in [0.29, 0.717) is 0 Å². The van der Waals surface area contributed by atoms with Gasteiger partial charge in [0.25, 0.3) is 5.92 Å². The molecule has 2 aliphatic rings. The molecular weight excluding hydrogens is 446 g/mol. The van der Waals surface area contributed by atoms with Crippen LogP contribution >= 0.6 is 0 Å². The fraction of sp³-hybridized carbons (Fsp3) is 0.400. The van der Waals surface area contributed by atoms with E-state index in [9.17, 15) is 23.2 Å². The van der Waals surface area contributed by atoms with Crippen molar-refractivity contribution in [2.75, 3.05) is 6.61 Å². The molecule has 180 valence electrons. The number of halogens is 2. The third kappa shape index (κ3) is 5.03. The molecule has 1 saturated carbocycles. The molecule has 2 aliphatic carbocycles. The summed E-state index contributed by atoms with van der Waals surface area (Å²) in [6.45, 7) is 1.49. The summed E-state index contributed by atoms with van der Waals surface area (Å²) < 4.78 is 32.0. The molecule has 0 radical (unpaired) electrons. The predicted octanol–water partition coefficient (Wildman–Crippen LogP) is 3.92. The molecule has 2 amide bonds. The third-order valence-electron chi connectivity index (χ3n) is 6.45. The molecule has 1 fully saturated rings. The van der Waals surface area contributed by atoms with Gasteiger partial charge in [-0.15, -0.1) is 0 Å². The van der Waals surface area contributed by atoms with Gasteiger partial charge in [-0.2, -0.15) is 0 Å². The lowest BCUT2D eigenvalue weighted by atomic mass is 9.98. The van der Waals surface area contributed by atoms with Gasteiger partial charge in [0.2, 0.25) is 5.91 Å². The van der Waals surface area contributed by atoms with Crippen LogP contribution in [0.4, 0.5) is 13.6 Å². The number of hydrogen-bond acceptors (Lipinski definition) is 4. The van der Waals surface area contributed by atoms with Gasteiger partial charge in [-0.25, -0.2) is 13.6 Å². The summed E-state index contributed by atoms with van der Waals surface area (Å²) in [5.41, 5.74) is 4.18. The first kappa shape index (κ1) is 23.7. The molecule has 3 N–H and O–H groups in total. The molecule has 34 heavy (non-hydrogen) atoms. The van der Waals surface area contributed by atoms with Crippen LogP contribution in [-0.2, 0) is 14.3 Å². The van der Waals surface area contributed by atoms with Crippen LogP contribution in [0, 0.1) is 5.92 Å². The number of fused-ring (bicyclic) bond motifs is 3. The summed E-state index contributed by atoms with van der Waals surface area (Å²) in [4.78, 5) is 36.1. The van der Waals surface area contributed by atoms with E-state index in [1.54, 1.807) is 0 Å². The predicted molar refractivity (Wildman–Crippen MR) is 120 cm³/mol. The number of alkyl halides is 2. The van der Waals surface area contributed by atoms with Crippen LogP contribution < -0.4 is 10.6 Å². The van der Waals surface area contributed by atoms with Crippen molar-refractivity contribution in [3.63, 3.8) is 0 Å². The second kappa shape index (κ2) is 9.40. The number of carboxylic acid groups (broad SMARTS) is 1. The van der Waals surface area contributed by atoms with E-state index in [1.807, 2.05) is 48.5 Å². The van der Waals surface area contributed by atoms with Crippen molar-refractivity contribution in [1.29, 1.82) is 0 Å². The van der Waals surface area contributed by atoms with Crippen molar-refractivity contribution < 1.29 is 33.0 Å². The number of aliphatic carboxylic acids is 1. The molecule has 2 aromatic rings. The number of ether oxygens (including phenoxy) is 1. The average Bonchev–Trinajstić information content (AvgIpc) is 3.33. The Morgan fingerprint density at radius 1 is 1.06 bits per heavy atom. The molecular formula is C25H26F2N2O5. The first-order valence-electron chi connectivity index (χ1n) is 11.2. The molecule has 0 saturated heterocycles. The van der Waals surface area contributed by atoms with E-state index in [-0.39, 0.29) is 31.8 Å². The number of nitrogens with one attached hydrogen (secondary N) is 2. The SMILES string of the molecule is CC(NC(=O)C(CCC(=O)O)NC(=O)OCC1c2ccccc2-c2ccccc21)C1CC1(F)F. The maximum atomic E-state index is 13.3. The number of benzene rings is 2. The smallest absolute Gasteiger partial charge is 0.407 e. The van der Waals surface area contributed by atoms with Crippen molar-refractivity contribution in [3.05, 3.63) is 59.7 Å². The number of amides is 2. The van der Waals surface area contributed by atoms with Crippen molar-refractivity contribution in [3.8, 4) is 11.1 Å². The normalized spacial score (nSPS) is 19.3. The minimum absolute atomic E-state index is 0.0256. The van der Waals surface area contributed by atoms with E-state index in [2.05, 4.69) is 10.6 Å². The average molecular weight is 472 g/mol. The van der Waals surface area contributed by atoms with Crippen molar-refractivity contribution in [2.24, 2.45) is 5.92 Å². The van der Waals surface area contributed by atoms with Gasteiger partial charge in [0.1, 0.15) is 12.6 Å². The first-order valence-corrected chi connectivity index (χ1v) is 11.2. The van der Waals surface area contributed by atoms with E-state index in [0.717, 1.165) is 22.3 Å². The van der Waals surface area contributed by atoms with E-state index in [4.69, 9.17) is 9.84 Å². The number of hydrogen-bond donors (Lipinski definition) is 3. The van der Waals surface area contributed by atoms with E-state index >= 15 is 0 Å². The molecule has 7 nitrogen and oxygen atoms in total. The number of alkyl carbamates (subject to hydrolysis) is 1. The fourth-order valence-corrected chi connectivity index (χ4v) is 4.52. The minimum Gasteiger partial charge on any atom is -0.481 e. The van der Waals surface area contributed by atoms with Gasteiger partial charge in [-0.1, -0.05) is 48.5 Å². The highest BCUT2D eigenvalue weighted by Crippen LogP contribution is 2.50. The Morgan fingerprint density at radius 2 is 1.62 bits per heavy atom. The topological polar surface area (TPSA) is 105 Å². The maximum Gasteiger partial charge on any atom is 0.407 e. The second-order valence-corrected chi connectivity index (χ2v) is 8.82. The lowest BCUT2D eigenvalue weighted by Crippen LogP contribution is -2.50. The van der Waals surface area contributed by atoms with Crippen molar-refractivity contribution in [2.45, 2.75) is 50.1 Å². The zero-order chi connectivity index (χ0) is 24.5. The van der Waals surface area contributed by atoms with Crippen molar-refractivity contribution >= 4 is 18.0 Å². The minimum atomic E-state index is -2.82. The van der Waals surface area contributed by atoms with Crippen molar-refractivity contribution in [1.82, 2.24) is 10.6 Å². The van der Waals surface area contributed by atoms with E-state index < -0.39 is 41.9 Å². The van der Waals surface area contributed by atoms with Crippen LogP contribution in [0.5, 0.6) is 0 Å². The van der Waals surface area contributed by atoms with Gasteiger partial charge in [0.05, 0.1) is 0 Å². The lowest BCUT2D eigenvalue weighted by Gasteiger charge is -2.21. The van der Waals surface area contributed by atoms with Gasteiger partial charge in [-0.05, 0) is 35.6 Å². The molecule has 9 heteroatoms. The van der Waals surface area contributed by atoms with Crippen LogP contribution in [0.3, 0.4) is 0 Å². The van der Waals surface area contributed by atoms with Crippen LogP contribution in [0.1, 0.15) is 43.2 Å². The van der Waals surface area contributed by atoms with Gasteiger partial charge >= 0.3 is 12.1 Å². The zero-order valence-corrected chi connectivity index (χ0v) is 18.6. The highest BCUT2D eigenvalue weighted by Gasteiger charge is 2.59. The monoisotopic (exact) mass is 472 g/mol. The quantitative estimate of drug-likeness (QED) is 0.513. The molecule has 3 atom stereocenters. The Balaban J connectivity index is 1.39. The number of rotatable bonds is 9. The highest BCUT2D eigenvalue weighted by molar-refractivity contribution is 5.86. The summed E-state index contributed by atoms with van der Waals surface area (Å²) in [5, 5.41) is 13.9. The molecule has 0 heterocycles. The second-order valence-electron chi connectivity index (χ2n) is 8.82. The maximum absolute atomic E-state index is 13.3. The Labute approximate surface area is 195 Å². The largest absolute Gasteiger partial charge is 0.481 e. The Morgan fingerprint density at radius 3 is 2.15 bits per heavy atom. The molecule has 3 unspecified atom stereocenters. The molecule has 0 aliphatic heterocycles. The fourth-order valence-electron chi connectivity index (χ4n) is 4.52. The number of carbonyl (C=O) groups is 3. The first-order chi connectivity index (χ1) is 16.2. The van der Waals surface area contributed by atoms with Crippen LogP contribution in [0.2, 0.25) is 0 Å². The molecule has 0 aromatic heterocycles. The van der Waals surface area contributed by atoms with Gasteiger partial charge in [0, 0.05) is 30.7 Å². The standard InChI is InChI=1S/C25H26F2N2O5/c1-14(20-12-25(20,26)27)28-23(32)21(10-11-22(30)31)29-24(33)34-13-19-17-8-4-2-6-15(17)16-7-3-5-9-18(16)19/h2-9,14,19-21H,10-13H2,1H3,(H,28,32)(H,29,33)(H,30,31). The summed E-state index contributed by atoms with van der Waals surface area (Å²) in [6.07, 6.45) is -1.76. The summed E-state index contributed by atoms with van der Waals surface area (Å²) in [5.74, 6) is -5.82. The summed E-state index contributed by atoms with van der Waals surface area (Å²) in [7, 11) is 0. The summed E-state index contributed by atoms with van der Waals surface area (Å²) in [6, 6.07) is 13.6. The zero-order valence-electron chi connectivity index (χ0n) is 18.6. The van der Waals surface area contributed by atoms with Crippen LogP contribution in [0.25, 0.3) is 11.1 Å². The Kier molecular flexibility index (Phi) is 6.54. The lowest BCUT2D eigenvalue weighted by molar-refractivity contribution is -0.137. The van der Waals surface area contributed by atoms with Crippen LogP contribution in [-0.4, -0.2) is 47.7 Å². The third-order valence-corrected chi connectivity index (χ3v) is 6.45. The van der Waals surface area contributed by atoms with Gasteiger partial charge in [0.15, 0.2) is 0 Å². The van der Waals surface area contributed by atoms with E-state index in [1.165, 1.54) is 6.92 Å². The molecule has 0 bridgehead atoms. The van der Waals surface area contributed by atoms with Gasteiger partial charge in [-0.3, -0.25) is 9.59 Å². The highest BCUT2D eigenvalue weighted by atomic mass is 19.3. The number of carbonyl (C=O) groups excluding carboxylic acids is 2. The van der Waals surface area contributed by atoms with Crippen LogP contribution in [0.15, 0.2) is 48.5 Å². The van der Waals surface area contributed by atoms with Gasteiger partial charge < -0.3 is 20.5 Å². The molecule has 2 aromatic carbocycles. The number of carboxylic acids is 1. The molecule has 0 spiro atoms. The molecule has 4 rings (SSSR count). The Bertz CT molecular complexity index is 1060. The summed E-state index contributed by atoms with van der Waals surface area (Å²) >= 11 is 0.